The Hall–Kier alpha value is -3.90. The minimum atomic E-state index is -5.09. The summed E-state index contributed by atoms with van der Waals surface area (Å²) >= 11 is 0. The lowest BCUT2D eigenvalue weighted by Crippen LogP contribution is -2.22. The molecule has 0 amide bonds. The van der Waals surface area contributed by atoms with E-state index in [-0.39, 0.29) is 17.0 Å². The number of nitrogens with one attached hydrogen (secondary N) is 2. The average Bonchev–Trinajstić information content (AvgIpc) is 3.12. The maximum atomic E-state index is 15.1. The van der Waals surface area contributed by atoms with Gasteiger partial charge in [0.15, 0.2) is 11.6 Å². The molecule has 2 N–H and O–H groups in total. The molecule has 0 fully saturated rings. The molecule has 0 saturated carbocycles. The molecule has 0 saturated heterocycles. The Kier molecular flexibility index (Phi) is 5.11. The molecule has 0 bridgehead atoms. The minimum Gasteiger partial charge on any atom is -0.403 e. The fourth-order valence-electron chi connectivity index (χ4n) is 2.85. The third-order valence-corrected chi connectivity index (χ3v) is 4.20. The van der Waals surface area contributed by atoms with Gasteiger partial charge in [-0.25, -0.2) is 14.4 Å². The highest BCUT2D eigenvalue weighted by atomic mass is 19.4. The Morgan fingerprint density at radius 1 is 1.03 bits per heavy atom. The number of ether oxygens (including phenoxy) is 1. The van der Waals surface area contributed by atoms with E-state index in [9.17, 15) is 17.6 Å². The van der Waals surface area contributed by atoms with Gasteiger partial charge in [-0.2, -0.15) is 13.9 Å². The van der Waals surface area contributed by atoms with Crippen molar-refractivity contribution in [3.8, 4) is 5.75 Å². The van der Waals surface area contributed by atoms with E-state index in [0.717, 1.165) is 18.2 Å². The standard InChI is InChI=1S/C19H12F6N6O/c1-9-7-14(31-30-9)27-16-11-3-2-4-12(32-19(23,24)25)15(11)28-17(29-16)18(21,22)13-6-5-10(20)8-26-13/h2-8H,1H3,(H2,27,28,29,30,31). The van der Waals surface area contributed by atoms with Crippen molar-refractivity contribution in [2.24, 2.45) is 0 Å². The Morgan fingerprint density at radius 2 is 1.81 bits per heavy atom. The number of rotatable bonds is 5. The fourth-order valence-corrected chi connectivity index (χ4v) is 2.85. The van der Waals surface area contributed by atoms with Crippen LogP contribution in [-0.4, -0.2) is 31.5 Å². The van der Waals surface area contributed by atoms with Crippen LogP contribution in [0.15, 0.2) is 42.6 Å². The Labute approximate surface area is 175 Å². The molecule has 4 rings (SSSR count). The average molecular weight is 454 g/mol. The zero-order valence-electron chi connectivity index (χ0n) is 16.0. The lowest BCUT2D eigenvalue weighted by molar-refractivity contribution is -0.274. The van der Waals surface area contributed by atoms with Crippen LogP contribution in [0.2, 0.25) is 0 Å². The van der Waals surface area contributed by atoms with Gasteiger partial charge in [-0.1, -0.05) is 6.07 Å². The van der Waals surface area contributed by atoms with E-state index in [1.54, 1.807) is 6.92 Å². The van der Waals surface area contributed by atoms with Gasteiger partial charge in [0.25, 0.3) is 0 Å². The normalized spacial score (nSPS) is 12.2. The number of hydrogen-bond acceptors (Lipinski definition) is 6. The summed E-state index contributed by atoms with van der Waals surface area (Å²) in [4.78, 5) is 10.8. The van der Waals surface area contributed by atoms with Gasteiger partial charge in [-0.15, -0.1) is 13.2 Å². The van der Waals surface area contributed by atoms with E-state index < -0.39 is 40.9 Å². The number of hydrogen-bond donors (Lipinski definition) is 2. The number of H-pyrrole nitrogens is 1. The van der Waals surface area contributed by atoms with Crippen molar-refractivity contribution < 1.29 is 31.1 Å². The van der Waals surface area contributed by atoms with Gasteiger partial charge in [0.1, 0.15) is 22.8 Å². The maximum Gasteiger partial charge on any atom is 0.573 e. The summed E-state index contributed by atoms with van der Waals surface area (Å²) in [6.45, 7) is 1.69. The fraction of sp³-hybridized carbons (Fsp3) is 0.158. The van der Waals surface area contributed by atoms with Crippen LogP contribution >= 0.6 is 0 Å². The number of pyridine rings is 1. The molecular formula is C19H12F6N6O. The molecule has 7 nitrogen and oxygen atoms in total. The van der Waals surface area contributed by atoms with Gasteiger partial charge in [-0.05, 0) is 31.2 Å². The van der Waals surface area contributed by atoms with Gasteiger partial charge in [-0.3, -0.25) is 10.1 Å². The van der Waals surface area contributed by atoms with Crippen LogP contribution < -0.4 is 10.1 Å². The summed E-state index contributed by atoms with van der Waals surface area (Å²) in [5.41, 5.74) is -0.784. The van der Waals surface area contributed by atoms with Gasteiger partial charge in [0.2, 0.25) is 5.82 Å². The first-order chi connectivity index (χ1) is 15.0. The van der Waals surface area contributed by atoms with E-state index in [4.69, 9.17) is 0 Å². The molecule has 3 aromatic heterocycles. The quantitative estimate of drug-likeness (QED) is 0.414. The number of benzene rings is 1. The third-order valence-electron chi connectivity index (χ3n) is 4.20. The van der Waals surface area contributed by atoms with E-state index in [1.165, 1.54) is 18.2 Å². The Morgan fingerprint density at radius 3 is 2.44 bits per heavy atom. The number of para-hydroxylation sites is 1. The number of alkyl halides is 5. The molecule has 0 aliphatic heterocycles. The van der Waals surface area contributed by atoms with Gasteiger partial charge < -0.3 is 10.1 Å². The molecular weight excluding hydrogens is 442 g/mol. The summed E-state index contributed by atoms with van der Waals surface area (Å²) < 4.78 is 85.9. The summed E-state index contributed by atoms with van der Waals surface area (Å²) in [7, 11) is 0. The predicted molar refractivity (Wildman–Crippen MR) is 100 cm³/mol. The zero-order valence-corrected chi connectivity index (χ0v) is 16.0. The van der Waals surface area contributed by atoms with Gasteiger partial charge >= 0.3 is 12.3 Å². The first-order valence-corrected chi connectivity index (χ1v) is 8.89. The third kappa shape index (κ3) is 4.26. The van der Waals surface area contributed by atoms with Crippen molar-refractivity contribution in [1.82, 2.24) is 25.1 Å². The maximum absolute atomic E-state index is 15.1. The number of aryl methyl sites for hydroxylation is 1. The molecule has 4 aromatic rings. The molecule has 0 aliphatic carbocycles. The first kappa shape index (κ1) is 21.3. The van der Waals surface area contributed by atoms with Crippen molar-refractivity contribution >= 4 is 22.5 Å². The number of halogens is 6. The van der Waals surface area contributed by atoms with Crippen molar-refractivity contribution in [1.29, 1.82) is 0 Å². The molecule has 0 atom stereocenters. The van der Waals surface area contributed by atoms with Crippen molar-refractivity contribution in [3.05, 3.63) is 65.6 Å². The molecule has 0 aliphatic rings. The molecule has 13 heteroatoms. The number of aromatic amines is 1. The Balaban J connectivity index is 1.92. The molecule has 0 unspecified atom stereocenters. The van der Waals surface area contributed by atoms with Crippen LogP contribution in [0, 0.1) is 12.7 Å². The smallest absolute Gasteiger partial charge is 0.403 e. The van der Waals surface area contributed by atoms with Crippen molar-refractivity contribution in [2.75, 3.05) is 5.32 Å². The topological polar surface area (TPSA) is 88.6 Å². The van der Waals surface area contributed by atoms with Crippen LogP contribution in [0.4, 0.5) is 38.0 Å². The monoisotopic (exact) mass is 454 g/mol. The summed E-state index contributed by atoms with van der Waals surface area (Å²) in [6, 6.07) is 6.52. The molecule has 1 aromatic carbocycles. The second-order valence-corrected chi connectivity index (χ2v) is 6.59. The predicted octanol–water partition coefficient (Wildman–Crippen LogP) is 4.98. The first-order valence-electron chi connectivity index (χ1n) is 8.89. The lowest BCUT2D eigenvalue weighted by atomic mass is 10.1. The van der Waals surface area contributed by atoms with Gasteiger partial charge in [0, 0.05) is 17.1 Å². The molecule has 0 spiro atoms. The highest BCUT2D eigenvalue weighted by Crippen LogP contribution is 2.38. The molecule has 166 valence electrons. The van der Waals surface area contributed by atoms with Crippen LogP contribution in [-0.2, 0) is 5.92 Å². The largest absolute Gasteiger partial charge is 0.573 e. The highest BCUT2D eigenvalue weighted by molar-refractivity contribution is 5.94. The number of anilines is 2. The zero-order chi connectivity index (χ0) is 23.1. The van der Waals surface area contributed by atoms with E-state index in [2.05, 4.69) is 35.2 Å². The highest BCUT2D eigenvalue weighted by Gasteiger charge is 2.41. The summed E-state index contributed by atoms with van der Waals surface area (Å²) in [5, 5.41) is 9.20. The van der Waals surface area contributed by atoms with Crippen LogP contribution in [0.5, 0.6) is 5.75 Å². The summed E-state index contributed by atoms with van der Waals surface area (Å²) in [6.07, 6.45) is -4.51. The minimum absolute atomic E-state index is 0.0287. The van der Waals surface area contributed by atoms with Crippen LogP contribution in [0.3, 0.4) is 0 Å². The molecule has 0 radical (unpaired) electrons. The van der Waals surface area contributed by atoms with Crippen LogP contribution in [0.25, 0.3) is 10.9 Å². The lowest BCUT2D eigenvalue weighted by Gasteiger charge is -2.18. The van der Waals surface area contributed by atoms with Gasteiger partial charge in [0.05, 0.1) is 6.20 Å². The SMILES string of the molecule is Cc1cc(Nc2nc(C(F)(F)c3ccc(F)cn3)nc3c(OC(F)(F)F)cccc23)n[nH]1. The second-order valence-electron chi connectivity index (χ2n) is 6.59. The number of nitrogens with zero attached hydrogens (tertiary/aromatic N) is 4. The van der Waals surface area contributed by atoms with Crippen LogP contribution in [0.1, 0.15) is 17.2 Å². The summed E-state index contributed by atoms with van der Waals surface area (Å²) in [5.74, 6) is -6.85. The molecule has 32 heavy (non-hydrogen) atoms. The van der Waals surface area contributed by atoms with Crippen molar-refractivity contribution in [2.45, 2.75) is 19.2 Å². The van der Waals surface area contributed by atoms with E-state index >= 15 is 8.78 Å². The van der Waals surface area contributed by atoms with E-state index in [1.807, 2.05) is 0 Å². The number of fused-ring (bicyclic) bond motifs is 1. The number of aromatic nitrogens is 5. The second kappa shape index (κ2) is 7.66. The van der Waals surface area contributed by atoms with E-state index in [0.29, 0.717) is 11.9 Å². The van der Waals surface area contributed by atoms with Crippen molar-refractivity contribution in [3.63, 3.8) is 0 Å². The molecule has 3 heterocycles. The Bertz CT molecular complexity index is 1270.